The van der Waals surface area contributed by atoms with Crippen molar-refractivity contribution in [2.24, 2.45) is 0 Å². The molecule has 1 aliphatic rings. The summed E-state index contributed by atoms with van der Waals surface area (Å²) in [5.41, 5.74) is 5.01. The van der Waals surface area contributed by atoms with Crippen molar-refractivity contribution in [2.45, 2.75) is 12.8 Å². The zero-order valence-electron chi connectivity index (χ0n) is 14.6. The first-order chi connectivity index (χ1) is 12.8. The molecule has 1 amide bonds. The van der Waals surface area contributed by atoms with Crippen molar-refractivity contribution in [1.29, 1.82) is 0 Å². The van der Waals surface area contributed by atoms with E-state index in [2.05, 4.69) is 27.3 Å². The van der Waals surface area contributed by atoms with Crippen LogP contribution in [0.5, 0.6) is 5.88 Å². The van der Waals surface area contributed by atoms with Crippen LogP contribution >= 0.6 is 0 Å². The highest BCUT2D eigenvalue weighted by Crippen LogP contribution is 2.27. The van der Waals surface area contributed by atoms with E-state index in [0.717, 1.165) is 29.8 Å². The van der Waals surface area contributed by atoms with Crippen molar-refractivity contribution >= 4 is 5.91 Å². The monoisotopic (exact) mass is 348 g/mol. The van der Waals surface area contributed by atoms with Gasteiger partial charge in [-0.1, -0.05) is 30.3 Å². The largest absolute Gasteiger partial charge is 0.481 e. The molecular formula is C20H20N4O2. The first kappa shape index (κ1) is 16.3. The second kappa shape index (κ2) is 7.00. The summed E-state index contributed by atoms with van der Waals surface area (Å²) < 4.78 is 5.12. The highest BCUT2D eigenvalue weighted by Gasteiger charge is 2.24. The van der Waals surface area contributed by atoms with Gasteiger partial charge < -0.3 is 9.64 Å². The number of ether oxygens (including phenoxy) is 1. The summed E-state index contributed by atoms with van der Waals surface area (Å²) in [4.78, 5) is 18.8. The van der Waals surface area contributed by atoms with Crippen LogP contribution in [0.4, 0.5) is 0 Å². The minimum absolute atomic E-state index is 0.00470. The number of methoxy groups -OCH3 is 1. The third kappa shape index (κ3) is 3.06. The molecule has 2 aromatic heterocycles. The Morgan fingerprint density at radius 2 is 1.96 bits per heavy atom. The smallest absolute Gasteiger partial charge is 0.254 e. The van der Waals surface area contributed by atoms with Crippen LogP contribution in [-0.2, 0) is 12.8 Å². The quantitative estimate of drug-likeness (QED) is 0.790. The van der Waals surface area contributed by atoms with Crippen molar-refractivity contribution in [3.63, 3.8) is 0 Å². The van der Waals surface area contributed by atoms with E-state index < -0.39 is 0 Å². The molecule has 1 N–H and O–H groups in total. The van der Waals surface area contributed by atoms with Gasteiger partial charge in [0.05, 0.1) is 12.8 Å². The molecule has 3 heterocycles. The average molecular weight is 348 g/mol. The van der Waals surface area contributed by atoms with Gasteiger partial charge in [0.1, 0.15) is 0 Å². The molecule has 1 aromatic carbocycles. The number of amides is 1. The van der Waals surface area contributed by atoms with Crippen LogP contribution in [0, 0.1) is 0 Å². The first-order valence-corrected chi connectivity index (χ1v) is 8.67. The Hall–Kier alpha value is -3.15. The Morgan fingerprint density at radius 3 is 2.77 bits per heavy atom. The minimum atomic E-state index is 0.00470. The third-order valence-electron chi connectivity index (χ3n) is 4.74. The summed E-state index contributed by atoms with van der Waals surface area (Å²) in [7, 11) is 1.55. The fourth-order valence-corrected chi connectivity index (χ4v) is 3.36. The van der Waals surface area contributed by atoms with E-state index in [1.165, 1.54) is 5.56 Å². The number of fused-ring (bicyclic) bond motifs is 1. The summed E-state index contributed by atoms with van der Waals surface area (Å²) >= 11 is 0. The topological polar surface area (TPSA) is 71.1 Å². The van der Waals surface area contributed by atoms with Gasteiger partial charge in [0.15, 0.2) is 0 Å². The summed E-state index contributed by atoms with van der Waals surface area (Å²) in [5.74, 6) is 0.455. The minimum Gasteiger partial charge on any atom is -0.481 e. The van der Waals surface area contributed by atoms with E-state index in [4.69, 9.17) is 4.74 Å². The summed E-state index contributed by atoms with van der Waals surface area (Å²) in [6.45, 7) is 1.32. The number of nitrogens with zero attached hydrogens (tertiary/aromatic N) is 3. The molecule has 0 bridgehead atoms. The molecular weight excluding hydrogens is 328 g/mol. The molecule has 0 atom stereocenters. The molecule has 0 aliphatic carbocycles. The number of pyridine rings is 1. The highest BCUT2D eigenvalue weighted by molar-refractivity contribution is 5.94. The molecule has 26 heavy (non-hydrogen) atoms. The second-order valence-electron chi connectivity index (χ2n) is 6.27. The predicted molar refractivity (Wildman–Crippen MR) is 98.1 cm³/mol. The number of carbonyl (C=O) groups is 1. The molecule has 0 radical (unpaired) electrons. The van der Waals surface area contributed by atoms with Gasteiger partial charge in [-0.2, -0.15) is 5.10 Å². The average Bonchev–Trinajstić information content (AvgIpc) is 2.99. The van der Waals surface area contributed by atoms with Gasteiger partial charge in [-0.25, -0.2) is 4.98 Å². The van der Waals surface area contributed by atoms with E-state index in [1.54, 1.807) is 25.4 Å². The highest BCUT2D eigenvalue weighted by atomic mass is 16.5. The van der Waals surface area contributed by atoms with Crippen LogP contribution in [-0.4, -0.2) is 46.2 Å². The molecule has 0 saturated heterocycles. The van der Waals surface area contributed by atoms with Crippen LogP contribution in [0.15, 0.2) is 48.7 Å². The molecule has 0 saturated carbocycles. The van der Waals surface area contributed by atoms with Crippen LogP contribution in [0.3, 0.4) is 0 Å². The summed E-state index contributed by atoms with van der Waals surface area (Å²) in [6, 6.07) is 13.6. The maximum Gasteiger partial charge on any atom is 0.254 e. The van der Waals surface area contributed by atoms with Crippen LogP contribution in [0.2, 0.25) is 0 Å². The van der Waals surface area contributed by atoms with Gasteiger partial charge in [-0.3, -0.25) is 9.89 Å². The molecule has 6 nitrogen and oxygen atoms in total. The van der Waals surface area contributed by atoms with Crippen molar-refractivity contribution in [1.82, 2.24) is 20.1 Å². The van der Waals surface area contributed by atoms with Gasteiger partial charge in [-0.05, 0) is 12.5 Å². The van der Waals surface area contributed by atoms with Crippen LogP contribution in [0.1, 0.15) is 21.6 Å². The molecule has 1 aliphatic heterocycles. The van der Waals surface area contributed by atoms with Crippen molar-refractivity contribution in [3.8, 4) is 17.1 Å². The van der Waals surface area contributed by atoms with Gasteiger partial charge in [0.25, 0.3) is 5.91 Å². The van der Waals surface area contributed by atoms with Gasteiger partial charge >= 0.3 is 0 Å². The van der Waals surface area contributed by atoms with Gasteiger partial charge in [0, 0.05) is 54.2 Å². The van der Waals surface area contributed by atoms with Gasteiger partial charge in [-0.15, -0.1) is 0 Å². The van der Waals surface area contributed by atoms with E-state index >= 15 is 0 Å². The fraction of sp³-hybridized carbons (Fsp3) is 0.250. The Labute approximate surface area is 151 Å². The third-order valence-corrected chi connectivity index (χ3v) is 4.74. The Kier molecular flexibility index (Phi) is 4.39. The number of carbonyl (C=O) groups excluding carboxylic acids is 1. The zero-order valence-corrected chi connectivity index (χ0v) is 14.6. The number of rotatable bonds is 3. The van der Waals surface area contributed by atoms with E-state index in [1.807, 2.05) is 23.1 Å². The van der Waals surface area contributed by atoms with Crippen molar-refractivity contribution < 1.29 is 9.53 Å². The second-order valence-corrected chi connectivity index (χ2v) is 6.27. The maximum absolute atomic E-state index is 12.9. The lowest BCUT2D eigenvalue weighted by Crippen LogP contribution is -2.33. The number of hydrogen-bond acceptors (Lipinski definition) is 4. The Morgan fingerprint density at radius 1 is 1.15 bits per heavy atom. The van der Waals surface area contributed by atoms with Crippen LogP contribution < -0.4 is 4.74 Å². The molecule has 6 heteroatoms. The first-order valence-electron chi connectivity index (χ1n) is 8.67. The molecule has 0 spiro atoms. The Bertz CT molecular complexity index is 921. The lowest BCUT2D eigenvalue weighted by atomic mass is 10.0. The number of H-pyrrole nitrogens is 1. The number of aromatic nitrogens is 3. The summed E-state index contributed by atoms with van der Waals surface area (Å²) in [6.07, 6.45) is 3.15. The van der Waals surface area contributed by atoms with E-state index in [-0.39, 0.29) is 5.91 Å². The lowest BCUT2D eigenvalue weighted by Gasteiger charge is -2.20. The lowest BCUT2D eigenvalue weighted by molar-refractivity contribution is 0.0762. The number of hydrogen-bond donors (Lipinski definition) is 1. The molecule has 0 unspecified atom stereocenters. The van der Waals surface area contributed by atoms with E-state index in [9.17, 15) is 4.79 Å². The fourth-order valence-electron chi connectivity index (χ4n) is 3.36. The van der Waals surface area contributed by atoms with Gasteiger partial charge in [0.2, 0.25) is 5.88 Å². The number of benzene rings is 1. The maximum atomic E-state index is 12.9. The number of aromatic amines is 1. The SMILES string of the molecule is COc1cc(C(=O)N2CCc3[nH]nc(-c4ccccc4)c3CC2)ccn1. The van der Waals surface area contributed by atoms with Crippen LogP contribution in [0.25, 0.3) is 11.3 Å². The molecule has 4 rings (SSSR count). The Balaban J connectivity index is 1.55. The standard InChI is InChI=1S/C20H20N4O2/c1-26-18-13-15(7-10-21-18)20(25)24-11-8-16-17(9-12-24)22-23-19(16)14-5-3-2-4-6-14/h2-7,10,13H,8-9,11-12H2,1H3,(H,22,23). The molecule has 3 aromatic rings. The van der Waals surface area contributed by atoms with E-state index in [0.29, 0.717) is 24.5 Å². The zero-order chi connectivity index (χ0) is 17.9. The van der Waals surface area contributed by atoms with Crippen molar-refractivity contribution in [3.05, 3.63) is 65.5 Å². The number of nitrogens with one attached hydrogen (secondary N) is 1. The normalized spacial score (nSPS) is 13.8. The predicted octanol–water partition coefficient (Wildman–Crippen LogP) is 2.72. The molecule has 0 fully saturated rings. The molecule has 132 valence electrons. The van der Waals surface area contributed by atoms with Crippen molar-refractivity contribution in [2.75, 3.05) is 20.2 Å². The summed E-state index contributed by atoms with van der Waals surface area (Å²) in [5, 5.41) is 7.67.